The van der Waals surface area contributed by atoms with E-state index in [0.717, 1.165) is 12.1 Å². The molecule has 1 aromatic rings. The highest BCUT2D eigenvalue weighted by Gasteiger charge is 2.14. The van der Waals surface area contributed by atoms with Gasteiger partial charge in [-0.05, 0) is 12.1 Å². The molecule has 0 unspecified atom stereocenters. The summed E-state index contributed by atoms with van der Waals surface area (Å²) < 4.78 is 35.2. The second kappa shape index (κ2) is 4.30. The number of methoxy groups -OCH3 is 2. The number of ether oxygens (including phenoxy) is 2. The molecule has 0 saturated heterocycles. The van der Waals surface area contributed by atoms with Crippen LogP contribution in [0.25, 0.3) is 0 Å². The van der Waals surface area contributed by atoms with Gasteiger partial charge in [-0.25, -0.2) is 8.78 Å². The Kier molecular flexibility index (Phi) is 3.33. The second-order valence-electron chi connectivity index (χ2n) is 2.47. The minimum atomic E-state index is -0.791. The molecule has 0 fully saturated rings. The molecule has 0 radical (unpaired) electrons. The van der Waals surface area contributed by atoms with E-state index in [1.807, 2.05) is 0 Å². The van der Waals surface area contributed by atoms with Gasteiger partial charge in [0.15, 0.2) is 6.29 Å². The normalized spacial score (nSPS) is 10.8. The van der Waals surface area contributed by atoms with E-state index >= 15 is 0 Å². The van der Waals surface area contributed by atoms with E-state index in [-0.39, 0.29) is 5.56 Å². The zero-order chi connectivity index (χ0) is 9.84. The summed E-state index contributed by atoms with van der Waals surface area (Å²) in [6.07, 6.45) is -0.791. The molecule has 0 atom stereocenters. The van der Waals surface area contributed by atoms with Crippen molar-refractivity contribution in [2.45, 2.75) is 6.29 Å². The van der Waals surface area contributed by atoms with Gasteiger partial charge in [-0.15, -0.1) is 0 Å². The number of halogens is 2. The molecule has 0 aliphatic heterocycles. The maximum atomic E-state index is 13.1. The smallest absolute Gasteiger partial charge is 0.185 e. The first-order valence-corrected chi connectivity index (χ1v) is 3.69. The quantitative estimate of drug-likeness (QED) is 0.677. The van der Waals surface area contributed by atoms with Crippen molar-refractivity contribution in [2.24, 2.45) is 0 Å². The van der Waals surface area contributed by atoms with Gasteiger partial charge in [0.2, 0.25) is 0 Å². The maximum absolute atomic E-state index is 13.1. The number of hydrogen-bond donors (Lipinski definition) is 0. The first kappa shape index (κ1) is 10.1. The van der Waals surface area contributed by atoms with Gasteiger partial charge < -0.3 is 9.47 Å². The standard InChI is InChI=1S/C9H10F2O2/c1-12-9(13-2)7-4-3-6(10)5-8(7)11/h3-5,9H,1-2H3. The summed E-state index contributed by atoms with van der Waals surface area (Å²) in [4.78, 5) is 0. The lowest BCUT2D eigenvalue weighted by Gasteiger charge is -2.13. The first-order chi connectivity index (χ1) is 6.19. The van der Waals surface area contributed by atoms with Gasteiger partial charge in [0.05, 0.1) is 0 Å². The summed E-state index contributed by atoms with van der Waals surface area (Å²) in [5, 5.41) is 0. The minimum Gasteiger partial charge on any atom is -0.352 e. The van der Waals surface area contributed by atoms with E-state index in [0.29, 0.717) is 0 Å². The first-order valence-electron chi connectivity index (χ1n) is 3.69. The van der Waals surface area contributed by atoms with Crippen molar-refractivity contribution in [3.8, 4) is 0 Å². The largest absolute Gasteiger partial charge is 0.352 e. The average molecular weight is 188 g/mol. The van der Waals surface area contributed by atoms with E-state index in [4.69, 9.17) is 9.47 Å². The molecule has 13 heavy (non-hydrogen) atoms. The van der Waals surface area contributed by atoms with Crippen LogP contribution in [-0.4, -0.2) is 14.2 Å². The SMILES string of the molecule is COC(OC)c1ccc(F)cc1F. The summed E-state index contributed by atoms with van der Waals surface area (Å²) in [5.41, 5.74) is 0.186. The molecular weight excluding hydrogens is 178 g/mol. The Morgan fingerprint density at radius 3 is 2.23 bits per heavy atom. The molecule has 0 amide bonds. The lowest BCUT2D eigenvalue weighted by molar-refractivity contribution is -0.107. The number of rotatable bonds is 3. The summed E-state index contributed by atoms with van der Waals surface area (Å²) in [7, 11) is 2.77. The third-order valence-electron chi connectivity index (χ3n) is 1.64. The zero-order valence-corrected chi connectivity index (χ0v) is 7.38. The molecule has 0 heterocycles. The summed E-state index contributed by atoms with van der Waals surface area (Å²) in [6, 6.07) is 3.24. The van der Waals surface area contributed by atoms with E-state index in [2.05, 4.69) is 0 Å². The molecular formula is C9H10F2O2. The van der Waals surface area contributed by atoms with Crippen LogP contribution in [0.4, 0.5) is 8.78 Å². The zero-order valence-electron chi connectivity index (χ0n) is 7.38. The molecule has 0 spiro atoms. The van der Waals surface area contributed by atoms with Crippen molar-refractivity contribution in [1.82, 2.24) is 0 Å². The lowest BCUT2D eigenvalue weighted by Crippen LogP contribution is -2.06. The Labute approximate surface area is 75.1 Å². The van der Waals surface area contributed by atoms with E-state index in [9.17, 15) is 8.78 Å². The number of hydrogen-bond acceptors (Lipinski definition) is 2. The van der Waals surface area contributed by atoms with Crippen molar-refractivity contribution < 1.29 is 18.3 Å². The maximum Gasteiger partial charge on any atom is 0.185 e. The fraction of sp³-hybridized carbons (Fsp3) is 0.333. The average Bonchev–Trinajstić information content (AvgIpc) is 2.10. The minimum absolute atomic E-state index is 0.186. The van der Waals surface area contributed by atoms with Gasteiger partial charge in [-0.3, -0.25) is 0 Å². The number of benzene rings is 1. The molecule has 0 saturated carbocycles. The molecule has 4 heteroatoms. The fourth-order valence-corrected chi connectivity index (χ4v) is 1.04. The summed E-state index contributed by atoms with van der Waals surface area (Å²) >= 11 is 0. The van der Waals surface area contributed by atoms with Gasteiger partial charge in [0, 0.05) is 25.8 Å². The Morgan fingerprint density at radius 2 is 1.77 bits per heavy atom. The molecule has 0 aliphatic rings. The van der Waals surface area contributed by atoms with Gasteiger partial charge in [0.1, 0.15) is 11.6 Å². The predicted molar refractivity (Wildman–Crippen MR) is 43.1 cm³/mol. The van der Waals surface area contributed by atoms with Crippen LogP contribution < -0.4 is 0 Å². The predicted octanol–water partition coefficient (Wildman–Crippen LogP) is 2.26. The third-order valence-corrected chi connectivity index (χ3v) is 1.64. The van der Waals surface area contributed by atoms with Crippen molar-refractivity contribution in [3.63, 3.8) is 0 Å². The Bertz CT molecular complexity index is 285. The van der Waals surface area contributed by atoms with Crippen LogP contribution in [0.2, 0.25) is 0 Å². The van der Waals surface area contributed by atoms with Crippen molar-refractivity contribution in [2.75, 3.05) is 14.2 Å². The second-order valence-corrected chi connectivity index (χ2v) is 2.47. The molecule has 0 aliphatic carbocycles. The van der Waals surface area contributed by atoms with E-state index in [1.54, 1.807) is 0 Å². The monoisotopic (exact) mass is 188 g/mol. The van der Waals surface area contributed by atoms with Crippen LogP contribution in [0.15, 0.2) is 18.2 Å². The molecule has 1 rings (SSSR count). The summed E-state index contributed by atoms with van der Waals surface area (Å²) in [6.45, 7) is 0. The van der Waals surface area contributed by atoms with E-state index < -0.39 is 17.9 Å². The van der Waals surface area contributed by atoms with Crippen molar-refractivity contribution >= 4 is 0 Å². The Morgan fingerprint density at radius 1 is 1.15 bits per heavy atom. The van der Waals surface area contributed by atoms with Crippen LogP contribution in [0.1, 0.15) is 11.9 Å². The molecule has 1 aromatic carbocycles. The molecule has 0 N–H and O–H groups in total. The van der Waals surface area contributed by atoms with Crippen LogP contribution in [0.5, 0.6) is 0 Å². The van der Waals surface area contributed by atoms with Gasteiger partial charge in [-0.1, -0.05) is 0 Å². The lowest BCUT2D eigenvalue weighted by atomic mass is 10.2. The van der Waals surface area contributed by atoms with E-state index in [1.165, 1.54) is 20.3 Å². The highest BCUT2D eigenvalue weighted by atomic mass is 19.1. The molecule has 0 aromatic heterocycles. The van der Waals surface area contributed by atoms with Gasteiger partial charge in [-0.2, -0.15) is 0 Å². The van der Waals surface area contributed by atoms with Crippen LogP contribution >= 0.6 is 0 Å². The van der Waals surface area contributed by atoms with Crippen LogP contribution in [0, 0.1) is 11.6 Å². The van der Waals surface area contributed by atoms with Crippen molar-refractivity contribution in [3.05, 3.63) is 35.4 Å². The Hall–Kier alpha value is -1.00. The molecule has 2 nitrogen and oxygen atoms in total. The highest BCUT2D eigenvalue weighted by Crippen LogP contribution is 2.20. The van der Waals surface area contributed by atoms with Crippen LogP contribution in [-0.2, 0) is 9.47 Å². The molecule has 0 bridgehead atoms. The Balaban J connectivity index is 2.99. The molecule has 72 valence electrons. The topological polar surface area (TPSA) is 18.5 Å². The summed E-state index contributed by atoms with van der Waals surface area (Å²) in [5.74, 6) is -1.29. The third kappa shape index (κ3) is 2.23. The van der Waals surface area contributed by atoms with Crippen molar-refractivity contribution in [1.29, 1.82) is 0 Å². The highest BCUT2D eigenvalue weighted by molar-refractivity contribution is 5.19. The fourth-order valence-electron chi connectivity index (χ4n) is 1.04. The van der Waals surface area contributed by atoms with Gasteiger partial charge >= 0.3 is 0 Å². The van der Waals surface area contributed by atoms with Crippen LogP contribution in [0.3, 0.4) is 0 Å². The van der Waals surface area contributed by atoms with Gasteiger partial charge in [0.25, 0.3) is 0 Å².